The van der Waals surface area contributed by atoms with Crippen LogP contribution in [0.4, 0.5) is 0 Å². The van der Waals surface area contributed by atoms with Crippen molar-refractivity contribution < 1.29 is 15.6 Å². The van der Waals surface area contributed by atoms with Crippen LogP contribution in [0.25, 0.3) is 46.6 Å². The summed E-state index contributed by atoms with van der Waals surface area (Å²) in [5.74, 6) is -1.64. The van der Waals surface area contributed by atoms with Gasteiger partial charge in [0.2, 0.25) is 0 Å². The van der Waals surface area contributed by atoms with Gasteiger partial charge in [-0.05, 0) is 0 Å². The van der Waals surface area contributed by atoms with E-state index in [1.54, 1.807) is 0 Å². The van der Waals surface area contributed by atoms with Gasteiger partial charge in [-0.15, -0.1) is 0 Å². The zero-order valence-electron chi connectivity index (χ0n) is 24.8. The number of hydrogen-bond acceptors (Lipinski definition) is 0. The molecule has 0 aromatic heterocycles. The minimum absolute atomic E-state index is 0.0330. The van der Waals surface area contributed by atoms with Crippen molar-refractivity contribution in [1.82, 2.24) is 0 Å². The zero-order chi connectivity index (χ0) is 29.8. The average molecular weight is 684 g/mol. The molecule has 0 amide bonds. The van der Waals surface area contributed by atoms with Crippen LogP contribution in [0.1, 0.15) is 54.5 Å². The molecule has 4 aromatic carbocycles. The van der Waals surface area contributed by atoms with Crippen molar-refractivity contribution in [2.75, 3.05) is 0 Å². The number of allylic oxidation sites excluding steroid dienone is 2. The summed E-state index contributed by atoms with van der Waals surface area (Å²) in [6.07, 6.45) is 8.65. The number of rotatable bonds is 7. The normalized spacial score (nSPS) is 18.5. The first-order valence-electron chi connectivity index (χ1n) is 14.7. The Hall–Kier alpha value is -2.48. The molecule has 0 aliphatic heterocycles. The third kappa shape index (κ3) is 4.49. The van der Waals surface area contributed by atoms with Gasteiger partial charge in [0.1, 0.15) is 0 Å². The molecule has 0 nitrogen and oxygen atoms in total. The number of halogens is 2. The Morgan fingerprint density at radius 3 is 1.36 bits per heavy atom. The summed E-state index contributed by atoms with van der Waals surface area (Å²) in [6, 6.07) is 30.4. The van der Waals surface area contributed by atoms with Gasteiger partial charge in [-0.25, -0.2) is 0 Å². The summed E-state index contributed by atoms with van der Waals surface area (Å²) in [7, 11) is 17.0. The van der Waals surface area contributed by atoms with E-state index in [4.69, 9.17) is 17.0 Å². The first-order valence-corrected chi connectivity index (χ1v) is 31.0. The van der Waals surface area contributed by atoms with Crippen LogP contribution in [-0.2, 0) is 15.6 Å². The van der Waals surface area contributed by atoms with Crippen LogP contribution in [0.2, 0.25) is 13.1 Å². The molecule has 2 unspecified atom stereocenters. The molecular formula is C38H37Cl2SiZr. The molecule has 2 aliphatic rings. The van der Waals surface area contributed by atoms with Gasteiger partial charge in [-0.1, -0.05) is 0 Å². The van der Waals surface area contributed by atoms with Gasteiger partial charge in [0, 0.05) is 0 Å². The van der Waals surface area contributed by atoms with E-state index in [0.29, 0.717) is 0 Å². The van der Waals surface area contributed by atoms with E-state index in [0.717, 1.165) is 11.1 Å². The van der Waals surface area contributed by atoms with E-state index in [9.17, 15) is 0 Å². The Morgan fingerprint density at radius 1 is 0.643 bits per heavy atom. The van der Waals surface area contributed by atoms with E-state index in [2.05, 4.69) is 137 Å². The topological polar surface area (TPSA) is 0 Å². The van der Waals surface area contributed by atoms with E-state index in [1.807, 2.05) is 12.2 Å². The predicted octanol–water partition coefficient (Wildman–Crippen LogP) is 11.9. The molecule has 0 saturated heterocycles. The Kier molecular flexibility index (Phi) is 7.68. The molecule has 4 aromatic rings. The monoisotopic (exact) mass is 681 g/mol. The SMILES string of the molecule is C=Cc1cc(-c2ccccc2)c2c(c1)[CH]([Zr]([Cl])([Cl])([CH]1C(C)=Cc3c(-c4ccccc4)cc(C=C)cc31)[SiH](C)C)C(C)=C2. The second kappa shape index (κ2) is 10.9. The van der Waals surface area contributed by atoms with E-state index in [1.165, 1.54) is 55.7 Å². The van der Waals surface area contributed by atoms with Crippen LogP contribution in [0, 0.1) is 0 Å². The molecule has 2 aliphatic carbocycles. The number of fused-ring (bicyclic) bond motifs is 2. The van der Waals surface area contributed by atoms with Crippen molar-refractivity contribution in [3.8, 4) is 22.3 Å². The fourth-order valence-corrected chi connectivity index (χ4v) is 40.4. The second-order valence-corrected chi connectivity index (χ2v) is 54.8. The summed E-state index contributed by atoms with van der Waals surface area (Å²) in [5, 5.41) is 0. The maximum atomic E-state index is 8.48. The molecule has 0 heterocycles. The van der Waals surface area contributed by atoms with Crippen molar-refractivity contribution in [1.29, 1.82) is 0 Å². The Balaban J connectivity index is 1.62. The van der Waals surface area contributed by atoms with Crippen LogP contribution < -0.4 is 0 Å². The molecule has 0 saturated carbocycles. The maximum absolute atomic E-state index is 8.48. The molecule has 0 bridgehead atoms. The van der Waals surface area contributed by atoms with Crippen molar-refractivity contribution in [2.45, 2.75) is 34.2 Å². The fourth-order valence-electron chi connectivity index (χ4n) is 7.56. The number of benzene rings is 4. The Morgan fingerprint density at radius 2 is 1.02 bits per heavy atom. The third-order valence-corrected chi connectivity index (χ3v) is 61.9. The fraction of sp³-hybridized carbons (Fsp3) is 0.158. The van der Waals surface area contributed by atoms with Gasteiger partial charge in [-0.2, -0.15) is 0 Å². The van der Waals surface area contributed by atoms with Gasteiger partial charge >= 0.3 is 262 Å². The summed E-state index contributed by atoms with van der Waals surface area (Å²) in [4.78, 5) is 0. The standard InChI is InChI=1S/2C18H15.C2H7Si.2ClH.Zr/c2*1-3-14-11-16-9-13(2)10-17(16)18(12-14)15-7-5-4-6-8-15;1-3-2;;;/h2*3-12H,1H2,2H3;3H,1-2H3;2*1H;/q;;;;;+2/p-2. The van der Waals surface area contributed by atoms with E-state index in [-0.39, 0.29) is 7.25 Å². The summed E-state index contributed by atoms with van der Waals surface area (Å²) in [5.41, 5.74) is 14.7. The van der Waals surface area contributed by atoms with Crippen LogP contribution in [-0.4, -0.2) is 5.92 Å². The van der Waals surface area contributed by atoms with E-state index >= 15 is 0 Å². The molecule has 0 N–H and O–H groups in total. The quantitative estimate of drug-likeness (QED) is 0.170. The van der Waals surface area contributed by atoms with Gasteiger partial charge in [0.05, 0.1) is 0 Å². The van der Waals surface area contributed by atoms with Crippen LogP contribution >= 0.6 is 17.0 Å². The predicted molar refractivity (Wildman–Crippen MR) is 187 cm³/mol. The molecule has 2 atom stereocenters. The minimum atomic E-state index is -4.81. The van der Waals surface area contributed by atoms with Gasteiger partial charge in [-0.3, -0.25) is 0 Å². The molecule has 0 radical (unpaired) electrons. The Bertz CT molecular complexity index is 1670. The van der Waals surface area contributed by atoms with Crippen molar-refractivity contribution in [3.63, 3.8) is 0 Å². The molecule has 6 rings (SSSR count). The van der Waals surface area contributed by atoms with Gasteiger partial charge in [0.25, 0.3) is 0 Å². The first kappa shape index (κ1) is 29.6. The zero-order valence-corrected chi connectivity index (χ0v) is 29.9. The summed E-state index contributed by atoms with van der Waals surface area (Å²) in [6.45, 7) is 17.6. The second-order valence-electron chi connectivity index (χ2n) is 12.3. The molecule has 42 heavy (non-hydrogen) atoms. The molecule has 211 valence electrons. The van der Waals surface area contributed by atoms with Gasteiger partial charge < -0.3 is 0 Å². The molecule has 4 heteroatoms. The molecule has 0 fully saturated rings. The number of hydrogen-bond donors (Lipinski definition) is 0. The van der Waals surface area contributed by atoms with Crippen molar-refractivity contribution in [3.05, 3.63) is 143 Å². The van der Waals surface area contributed by atoms with Crippen LogP contribution in [0.3, 0.4) is 0 Å². The molecule has 0 spiro atoms. The van der Waals surface area contributed by atoms with Crippen molar-refractivity contribution >= 4 is 47.3 Å². The van der Waals surface area contributed by atoms with Gasteiger partial charge in [0.15, 0.2) is 0 Å². The molecular weight excluding hydrogens is 647 g/mol. The van der Waals surface area contributed by atoms with E-state index < -0.39 is 21.5 Å². The van der Waals surface area contributed by atoms with Crippen LogP contribution in [0.15, 0.2) is 109 Å². The van der Waals surface area contributed by atoms with Crippen molar-refractivity contribution in [2.24, 2.45) is 0 Å². The Labute approximate surface area is 259 Å². The first-order chi connectivity index (χ1) is 20.1. The third-order valence-electron chi connectivity index (χ3n) is 9.59. The average Bonchev–Trinajstić information content (AvgIpc) is 3.53. The van der Waals surface area contributed by atoms with Crippen LogP contribution in [0.5, 0.6) is 0 Å². The summed E-state index contributed by atoms with van der Waals surface area (Å²) < 4.78 is 0.0660. The summed E-state index contributed by atoms with van der Waals surface area (Å²) >= 11 is -4.81.